The van der Waals surface area contributed by atoms with Gasteiger partial charge in [0.2, 0.25) is 10.0 Å². The van der Waals surface area contributed by atoms with Gasteiger partial charge in [0, 0.05) is 29.9 Å². The highest BCUT2D eigenvalue weighted by atomic mass is 32.2. The van der Waals surface area contributed by atoms with Crippen LogP contribution in [0.2, 0.25) is 0 Å². The molecule has 2 aromatic rings. The second-order valence-electron chi connectivity index (χ2n) is 9.83. The second kappa shape index (κ2) is 9.11. The highest BCUT2D eigenvalue weighted by molar-refractivity contribution is 7.89. The first-order valence-corrected chi connectivity index (χ1v) is 13.2. The van der Waals surface area contributed by atoms with E-state index in [1.165, 1.54) is 0 Å². The van der Waals surface area contributed by atoms with Crippen LogP contribution in [0.25, 0.3) is 0 Å². The van der Waals surface area contributed by atoms with E-state index in [1.807, 2.05) is 23.1 Å². The summed E-state index contributed by atoms with van der Waals surface area (Å²) in [6, 6.07) is 12.3. The van der Waals surface area contributed by atoms with Gasteiger partial charge in [-0.15, -0.1) is 0 Å². The Morgan fingerprint density at radius 3 is 2.39 bits per heavy atom. The predicted octanol–water partition coefficient (Wildman–Crippen LogP) is 5.19. The van der Waals surface area contributed by atoms with Crippen LogP contribution in [-0.4, -0.2) is 44.4 Å². The van der Waals surface area contributed by atoms with E-state index in [9.17, 15) is 13.2 Å². The lowest BCUT2D eigenvalue weighted by Gasteiger charge is -2.46. The molecule has 0 aliphatic carbocycles. The van der Waals surface area contributed by atoms with Crippen LogP contribution in [-0.2, 0) is 10.0 Å². The van der Waals surface area contributed by atoms with Crippen LogP contribution in [0.3, 0.4) is 0 Å². The summed E-state index contributed by atoms with van der Waals surface area (Å²) in [5.74, 6) is 0.841. The summed E-state index contributed by atoms with van der Waals surface area (Å²) in [4.78, 5) is 15.8. The molecule has 178 valence electrons. The SMILES string of the molecule is COc1ccc2c(c1)C(C)CC(C)(C)N2C(=O)c1cccc(S(=O)(=O)N2CCCCCC2)c1. The molecule has 2 aliphatic rings. The van der Waals surface area contributed by atoms with Crippen molar-refractivity contribution in [3.8, 4) is 5.75 Å². The maximum atomic E-state index is 13.8. The number of anilines is 1. The van der Waals surface area contributed by atoms with Crippen molar-refractivity contribution >= 4 is 21.6 Å². The summed E-state index contributed by atoms with van der Waals surface area (Å²) in [6.45, 7) is 7.36. The van der Waals surface area contributed by atoms with Gasteiger partial charge in [-0.2, -0.15) is 4.31 Å². The number of sulfonamides is 1. The summed E-state index contributed by atoms with van der Waals surface area (Å²) in [5, 5.41) is 0. The Bertz CT molecular complexity index is 1130. The van der Waals surface area contributed by atoms with Crippen molar-refractivity contribution in [2.45, 2.75) is 69.2 Å². The zero-order chi connectivity index (χ0) is 23.8. The molecule has 2 aromatic carbocycles. The Morgan fingerprint density at radius 2 is 1.73 bits per heavy atom. The average Bonchev–Trinajstić information content (AvgIpc) is 3.08. The van der Waals surface area contributed by atoms with Crippen LogP contribution in [0.15, 0.2) is 47.4 Å². The highest BCUT2D eigenvalue weighted by Crippen LogP contribution is 2.45. The van der Waals surface area contributed by atoms with Crippen LogP contribution in [0, 0.1) is 0 Å². The molecule has 2 aliphatic heterocycles. The first kappa shape index (κ1) is 23.8. The highest BCUT2D eigenvalue weighted by Gasteiger charge is 2.40. The van der Waals surface area contributed by atoms with Crippen LogP contribution in [0.1, 0.15) is 74.7 Å². The molecule has 1 atom stereocenters. The number of nitrogens with zero attached hydrogens (tertiary/aromatic N) is 2. The van der Waals surface area contributed by atoms with Crippen molar-refractivity contribution in [1.29, 1.82) is 0 Å². The van der Waals surface area contributed by atoms with Crippen LogP contribution in [0.4, 0.5) is 5.69 Å². The van der Waals surface area contributed by atoms with Gasteiger partial charge in [0.15, 0.2) is 0 Å². The number of methoxy groups -OCH3 is 1. The summed E-state index contributed by atoms with van der Waals surface area (Å²) >= 11 is 0. The Labute approximate surface area is 197 Å². The van der Waals surface area contributed by atoms with Crippen molar-refractivity contribution in [2.75, 3.05) is 25.1 Å². The molecule has 0 N–H and O–H groups in total. The monoisotopic (exact) mass is 470 g/mol. The molecule has 1 saturated heterocycles. The molecule has 0 bridgehead atoms. The second-order valence-corrected chi connectivity index (χ2v) is 11.8. The van der Waals surface area contributed by atoms with Gasteiger partial charge in [0.1, 0.15) is 5.75 Å². The van der Waals surface area contributed by atoms with Gasteiger partial charge in [-0.3, -0.25) is 4.79 Å². The van der Waals surface area contributed by atoms with Gasteiger partial charge in [0.25, 0.3) is 5.91 Å². The minimum atomic E-state index is -3.63. The molecule has 4 rings (SSSR count). The van der Waals surface area contributed by atoms with Crippen molar-refractivity contribution < 1.29 is 17.9 Å². The molecule has 1 unspecified atom stereocenters. The fourth-order valence-corrected chi connectivity index (χ4v) is 6.83. The largest absolute Gasteiger partial charge is 0.497 e. The van der Waals surface area contributed by atoms with Crippen molar-refractivity contribution in [1.82, 2.24) is 4.31 Å². The van der Waals surface area contributed by atoms with Gasteiger partial charge in [-0.05, 0) is 81.0 Å². The third-order valence-corrected chi connectivity index (χ3v) is 8.80. The maximum Gasteiger partial charge on any atom is 0.258 e. The van der Waals surface area contributed by atoms with Crippen LogP contribution < -0.4 is 9.64 Å². The molecule has 33 heavy (non-hydrogen) atoms. The number of benzene rings is 2. The number of fused-ring (bicyclic) bond motifs is 1. The van der Waals surface area contributed by atoms with Crippen molar-refractivity contribution in [3.63, 3.8) is 0 Å². The molecular weight excluding hydrogens is 436 g/mol. The standard InChI is InChI=1S/C26H34N2O4S/c1-19-18-26(2,3)28(24-13-12-21(32-4)17-23(19)24)25(29)20-10-9-11-22(16-20)33(30,31)27-14-7-5-6-8-15-27/h9-13,16-17,19H,5-8,14-15,18H2,1-4H3. The molecule has 7 heteroatoms. The van der Waals surface area contributed by atoms with E-state index >= 15 is 0 Å². The molecule has 6 nitrogen and oxygen atoms in total. The quantitative estimate of drug-likeness (QED) is 0.617. The normalized spacial score (nSPS) is 21.2. The summed E-state index contributed by atoms with van der Waals surface area (Å²) < 4.78 is 33.6. The number of rotatable bonds is 4. The smallest absolute Gasteiger partial charge is 0.258 e. The number of hydrogen-bond donors (Lipinski definition) is 0. The molecule has 0 spiro atoms. The minimum absolute atomic E-state index is 0.188. The minimum Gasteiger partial charge on any atom is -0.497 e. The Kier molecular flexibility index (Phi) is 6.56. The predicted molar refractivity (Wildman–Crippen MR) is 131 cm³/mol. The lowest BCUT2D eigenvalue weighted by atomic mass is 9.79. The Hall–Kier alpha value is -2.38. The van der Waals surface area contributed by atoms with Gasteiger partial charge < -0.3 is 9.64 Å². The van der Waals surface area contributed by atoms with Crippen LogP contribution in [0.5, 0.6) is 5.75 Å². The fraction of sp³-hybridized carbons (Fsp3) is 0.500. The Balaban J connectivity index is 1.72. The van der Waals surface area contributed by atoms with Gasteiger partial charge in [-0.1, -0.05) is 25.8 Å². The average molecular weight is 471 g/mol. The summed E-state index contributed by atoms with van der Waals surface area (Å²) in [5.41, 5.74) is 1.88. The molecule has 2 heterocycles. The van der Waals surface area contributed by atoms with Gasteiger partial charge in [0.05, 0.1) is 12.0 Å². The van der Waals surface area contributed by atoms with Gasteiger partial charge >= 0.3 is 0 Å². The van der Waals surface area contributed by atoms with Crippen LogP contribution >= 0.6 is 0 Å². The van der Waals surface area contributed by atoms with Gasteiger partial charge in [-0.25, -0.2) is 8.42 Å². The number of ether oxygens (including phenoxy) is 1. The number of amides is 1. The first-order chi connectivity index (χ1) is 15.6. The topological polar surface area (TPSA) is 66.9 Å². The molecule has 0 saturated carbocycles. The molecule has 0 radical (unpaired) electrons. The van der Waals surface area contributed by atoms with Crippen molar-refractivity contribution in [2.24, 2.45) is 0 Å². The Morgan fingerprint density at radius 1 is 1.03 bits per heavy atom. The summed E-state index contributed by atoms with van der Waals surface area (Å²) in [6.07, 6.45) is 4.65. The zero-order valence-corrected chi connectivity index (χ0v) is 20.8. The first-order valence-electron chi connectivity index (χ1n) is 11.8. The number of carbonyl (C=O) groups excluding carboxylic acids is 1. The molecule has 0 aromatic heterocycles. The lowest BCUT2D eigenvalue weighted by molar-refractivity contribution is 0.0953. The molecule has 1 amide bonds. The van der Waals surface area contributed by atoms with E-state index < -0.39 is 15.6 Å². The molecular formula is C26H34N2O4S. The number of carbonyl (C=O) groups is 1. The van der Waals surface area contributed by atoms with E-state index in [2.05, 4.69) is 20.8 Å². The summed E-state index contributed by atoms with van der Waals surface area (Å²) in [7, 11) is -2.00. The molecule has 1 fully saturated rings. The van der Waals surface area contributed by atoms with E-state index in [-0.39, 0.29) is 16.7 Å². The van der Waals surface area contributed by atoms with Crippen molar-refractivity contribution in [3.05, 3.63) is 53.6 Å². The maximum absolute atomic E-state index is 13.8. The third-order valence-electron chi connectivity index (χ3n) is 6.90. The third kappa shape index (κ3) is 4.53. The van der Waals surface area contributed by atoms with E-state index in [0.29, 0.717) is 18.7 Å². The lowest BCUT2D eigenvalue weighted by Crippen LogP contribution is -2.51. The van der Waals surface area contributed by atoms with E-state index in [4.69, 9.17) is 4.74 Å². The fourth-order valence-electron chi connectivity index (χ4n) is 5.27. The zero-order valence-electron chi connectivity index (χ0n) is 20.0. The van der Waals surface area contributed by atoms with E-state index in [1.54, 1.807) is 35.7 Å². The number of hydrogen-bond acceptors (Lipinski definition) is 4. The van der Waals surface area contributed by atoms with E-state index in [0.717, 1.165) is 49.1 Å².